The Morgan fingerprint density at radius 3 is 2.53 bits per heavy atom. The number of ketones is 1. The summed E-state index contributed by atoms with van der Waals surface area (Å²) in [6.45, 7) is 1.65. The molecule has 0 aliphatic carbocycles. The van der Waals surface area contributed by atoms with Crippen LogP contribution in [0.4, 0.5) is 4.39 Å². The van der Waals surface area contributed by atoms with Gasteiger partial charge in [-0.05, 0) is 42.5 Å². The van der Waals surface area contributed by atoms with E-state index >= 15 is 0 Å². The summed E-state index contributed by atoms with van der Waals surface area (Å²) in [6.07, 6.45) is 0.0837. The number of halogens is 3. The number of hydrogen-bond acceptors (Lipinski definition) is 4. The Labute approximate surface area is 186 Å². The second kappa shape index (κ2) is 9.29. The average Bonchev–Trinajstić information content (AvgIpc) is 2.74. The molecular weight excluding hydrogens is 473 g/mol. The van der Waals surface area contributed by atoms with Crippen molar-refractivity contribution in [2.24, 2.45) is 0 Å². The Hall–Kier alpha value is -2.88. The lowest BCUT2D eigenvalue weighted by molar-refractivity contribution is -0.130. The summed E-state index contributed by atoms with van der Waals surface area (Å²) in [5.41, 5.74) is -1.55. The molecule has 0 aliphatic rings. The highest BCUT2D eigenvalue weighted by atomic mass is 79.9. The van der Waals surface area contributed by atoms with Crippen molar-refractivity contribution in [2.75, 3.05) is 0 Å². The molecule has 0 aromatic heterocycles. The molecule has 3 rings (SSSR count). The van der Waals surface area contributed by atoms with Crippen molar-refractivity contribution >= 4 is 33.3 Å². The van der Waals surface area contributed by atoms with Crippen molar-refractivity contribution in [3.63, 3.8) is 0 Å². The maximum atomic E-state index is 14.1. The predicted molar refractivity (Wildman–Crippen MR) is 115 cm³/mol. The van der Waals surface area contributed by atoms with Crippen LogP contribution in [0.5, 0.6) is 17.2 Å². The zero-order valence-electron chi connectivity index (χ0n) is 15.9. The quantitative estimate of drug-likeness (QED) is 0.366. The molecule has 7 heteroatoms. The number of rotatable bonds is 7. The van der Waals surface area contributed by atoms with Gasteiger partial charge in [0, 0.05) is 27.5 Å². The standard InChI is InChI=1S/C23H16BrClFNO3/c1-2-22(28)23(14-27,15-5-3-6-17(25)11-15)30-19-8-4-7-18(13-19)29-21-10-9-16(24)12-20(21)26/h3-13H,2H2,1H3. The third kappa shape index (κ3) is 4.64. The average molecular weight is 489 g/mol. The van der Waals surface area contributed by atoms with Gasteiger partial charge in [0.15, 0.2) is 17.3 Å². The van der Waals surface area contributed by atoms with Crippen molar-refractivity contribution in [1.29, 1.82) is 5.26 Å². The molecule has 3 aromatic carbocycles. The Bertz CT molecular complexity index is 1130. The fourth-order valence-corrected chi connectivity index (χ4v) is 3.37. The number of nitriles is 1. The van der Waals surface area contributed by atoms with Gasteiger partial charge >= 0.3 is 0 Å². The minimum absolute atomic E-state index is 0.0290. The molecule has 0 aliphatic heterocycles. The topological polar surface area (TPSA) is 59.3 Å². The number of benzene rings is 3. The van der Waals surface area contributed by atoms with Crippen LogP contribution in [0.1, 0.15) is 18.9 Å². The SMILES string of the molecule is CCC(=O)C(C#N)(Oc1cccc(Oc2ccc(Br)cc2F)c1)c1cccc(Cl)c1. The molecule has 4 nitrogen and oxygen atoms in total. The third-order valence-electron chi connectivity index (χ3n) is 4.30. The molecule has 30 heavy (non-hydrogen) atoms. The number of carbonyl (C=O) groups excluding carboxylic acids is 1. The van der Waals surface area contributed by atoms with Crippen LogP contribution in [0.15, 0.2) is 71.2 Å². The van der Waals surface area contributed by atoms with E-state index in [1.54, 1.807) is 49.4 Å². The summed E-state index contributed by atoms with van der Waals surface area (Å²) < 4.78 is 26.2. The van der Waals surface area contributed by atoms with Crippen LogP contribution in [0, 0.1) is 17.1 Å². The van der Waals surface area contributed by atoms with Gasteiger partial charge < -0.3 is 9.47 Å². The first-order valence-corrected chi connectivity index (χ1v) is 10.2. The molecule has 0 amide bonds. The first kappa shape index (κ1) is 21.8. The van der Waals surface area contributed by atoms with Crippen molar-refractivity contribution in [1.82, 2.24) is 0 Å². The maximum absolute atomic E-state index is 14.1. The lowest BCUT2D eigenvalue weighted by Gasteiger charge is -2.27. The zero-order valence-corrected chi connectivity index (χ0v) is 18.2. The fraction of sp³-hybridized carbons (Fsp3) is 0.130. The molecule has 0 saturated heterocycles. The van der Waals surface area contributed by atoms with Crippen molar-refractivity contribution < 1.29 is 18.7 Å². The van der Waals surface area contributed by atoms with E-state index in [9.17, 15) is 14.4 Å². The van der Waals surface area contributed by atoms with E-state index in [0.717, 1.165) is 0 Å². The van der Waals surface area contributed by atoms with Crippen molar-refractivity contribution in [2.45, 2.75) is 18.9 Å². The predicted octanol–water partition coefficient (Wildman–Crippen LogP) is 6.81. The second-order valence-electron chi connectivity index (χ2n) is 6.33. The van der Waals surface area contributed by atoms with Crippen LogP contribution in [-0.4, -0.2) is 5.78 Å². The molecule has 0 bridgehead atoms. The van der Waals surface area contributed by atoms with Crippen LogP contribution in [0.2, 0.25) is 5.02 Å². The van der Waals surface area contributed by atoms with Crippen molar-refractivity contribution in [3.05, 3.63) is 87.6 Å². The monoisotopic (exact) mass is 487 g/mol. The van der Waals surface area contributed by atoms with E-state index < -0.39 is 17.2 Å². The Morgan fingerprint density at radius 1 is 1.13 bits per heavy atom. The normalized spacial score (nSPS) is 12.5. The molecule has 0 N–H and O–H groups in total. The van der Waals surface area contributed by atoms with Gasteiger partial charge in [-0.3, -0.25) is 4.79 Å². The maximum Gasteiger partial charge on any atom is 0.277 e. The number of hydrogen-bond donors (Lipinski definition) is 0. The molecule has 0 fully saturated rings. The summed E-state index contributed by atoms with van der Waals surface area (Å²) in [5, 5.41) is 10.3. The van der Waals surface area contributed by atoms with E-state index in [-0.39, 0.29) is 23.7 Å². The Kier molecular flexibility index (Phi) is 6.76. The zero-order chi connectivity index (χ0) is 21.7. The minimum atomic E-state index is -1.87. The van der Waals surface area contributed by atoms with E-state index in [4.69, 9.17) is 21.1 Å². The van der Waals surface area contributed by atoms with E-state index in [2.05, 4.69) is 15.9 Å². The summed E-state index contributed by atoms with van der Waals surface area (Å²) in [5.74, 6) is -0.426. The Balaban J connectivity index is 1.97. The minimum Gasteiger partial charge on any atom is -0.461 e. The first-order valence-electron chi connectivity index (χ1n) is 9.00. The van der Waals surface area contributed by atoms with Crippen LogP contribution < -0.4 is 9.47 Å². The summed E-state index contributed by atoms with van der Waals surface area (Å²) >= 11 is 9.26. The highest BCUT2D eigenvalue weighted by Crippen LogP contribution is 2.34. The smallest absolute Gasteiger partial charge is 0.277 e. The number of Topliss-reactive ketones (excluding diaryl/α,β-unsaturated/α-hetero) is 1. The van der Waals surface area contributed by atoms with Crippen LogP contribution >= 0.6 is 27.5 Å². The van der Waals surface area contributed by atoms with Gasteiger partial charge in [0.25, 0.3) is 5.60 Å². The summed E-state index contributed by atoms with van der Waals surface area (Å²) in [6, 6.07) is 19.2. The number of ether oxygens (including phenoxy) is 2. The van der Waals surface area contributed by atoms with Gasteiger partial charge in [-0.1, -0.05) is 52.7 Å². The van der Waals surface area contributed by atoms with E-state index in [1.807, 2.05) is 6.07 Å². The number of carbonyl (C=O) groups is 1. The molecule has 1 unspecified atom stereocenters. The molecule has 0 radical (unpaired) electrons. The molecule has 152 valence electrons. The lowest BCUT2D eigenvalue weighted by atomic mass is 9.89. The Morgan fingerprint density at radius 2 is 1.87 bits per heavy atom. The molecular formula is C23H16BrClFNO3. The van der Waals surface area contributed by atoms with Gasteiger partial charge in [-0.2, -0.15) is 5.26 Å². The lowest BCUT2D eigenvalue weighted by Crippen LogP contribution is -2.40. The van der Waals surface area contributed by atoms with E-state index in [0.29, 0.717) is 15.1 Å². The molecule has 0 heterocycles. The van der Waals surface area contributed by atoms with Gasteiger partial charge in [-0.15, -0.1) is 0 Å². The van der Waals surface area contributed by atoms with E-state index in [1.165, 1.54) is 24.3 Å². The third-order valence-corrected chi connectivity index (χ3v) is 5.03. The molecule has 0 spiro atoms. The highest BCUT2D eigenvalue weighted by molar-refractivity contribution is 9.10. The number of nitrogens with zero attached hydrogens (tertiary/aromatic N) is 1. The van der Waals surface area contributed by atoms with Crippen LogP contribution in [0.3, 0.4) is 0 Å². The highest BCUT2D eigenvalue weighted by Gasteiger charge is 2.42. The van der Waals surface area contributed by atoms with Gasteiger partial charge in [0.1, 0.15) is 17.6 Å². The van der Waals surface area contributed by atoms with Crippen LogP contribution in [-0.2, 0) is 10.4 Å². The van der Waals surface area contributed by atoms with Gasteiger partial charge in [-0.25, -0.2) is 4.39 Å². The largest absolute Gasteiger partial charge is 0.461 e. The van der Waals surface area contributed by atoms with Crippen LogP contribution in [0.25, 0.3) is 0 Å². The fourth-order valence-electron chi connectivity index (χ4n) is 2.85. The first-order chi connectivity index (χ1) is 14.4. The summed E-state index contributed by atoms with van der Waals surface area (Å²) in [4.78, 5) is 12.8. The van der Waals surface area contributed by atoms with Gasteiger partial charge in [0.05, 0.1) is 0 Å². The summed E-state index contributed by atoms with van der Waals surface area (Å²) in [7, 11) is 0. The van der Waals surface area contributed by atoms with Crippen molar-refractivity contribution in [3.8, 4) is 23.3 Å². The molecule has 0 saturated carbocycles. The molecule has 1 atom stereocenters. The second-order valence-corrected chi connectivity index (χ2v) is 7.69. The molecule has 3 aromatic rings. The van der Waals surface area contributed by atoms with Gasteiger partial charge in [0.2, 0.25) is 0 Å².